The second-order valence-electron chi connectivity index (χ2n) is 5.90. The number of benzene rings is 2. The first kappa shape index (κ1) is 15.1. The van der Waals surface area contributed by atoms with Crippen LogP contribution in [0.25, 0.3) is 32.9 Å². The van der Waals surface area contributed by atoms with Crippen molar-refractivity contribution in [3.05, 3.63) is 42.6 Å². The molecule has 0 saturated carbocycles. The summed E-state index contributed by atoms with van der Waals surface area (Å²) in [6.45, 7) is 1.46. The van der Waals surface area contributed by atoms with Crippen LogP contribution < -0.4 is 10.1 Å². The number of H-pyrrole nitrogens is 2. The average Bonchev–Trinajstić information content (AvgIpc) is 3.18. The molecule has 1 amide bonds. The van der Waals surface area contributed by atoms with E-state index in [1.165, 1.54) is 6.92 Å². The Labute approximate surface area is 143 Å². The fourth-order valence-electron chi connectivity index (χ4n) is 3.14. The van der Waals surface area contributed by atoms with Crippen LogP contribution in [0.5, 0.6) is 11.6 Å². The van der Waals surface area contributed by atoms with E-state index in [4.69, 9.17) is 4.74 Å². The molecule has 4 aromatic rings. The lowest BCUT2D eigenvalue weighted by atomic mass is 10.0. The lowest BCUT2D eigenvalue weighted by molar-refractivity contribution is -0.114. The third-order valence-electron chi connectivity index (χ3n) is 4.26. The number of amides is 1. The zero-order valence-corrected chi connectivity index (χ0v) is 13.8. The lowest BCUT2D eigenvalue weighted by Gasteiger charge is -2.07. The Morgan fingerprint density at radius 2 is 2.04 bits per heavy atom. The summed E-state index contributed by atoms with van der Waals surface area (Å²) in [5.74, 6) is 0.689. The zero-order valence-electron chi connectivity index (χ0n) is 13.8. The number of anilines is 1. The molecule has 2 aromatic heterocycles. The van der Waals surface area contributed by atoms with Gasteiger partial charge in [-0.2, -0.15) is 0 Å². The topological polar surface area (TPSA) is 90.1 Å². The van der Waals surface area contributed by atoms with Gasteiger partial charge in [-0.05, 0) is 36.4 Å². The van der Waals surface area contributed by atoms with Crippen molar-refractivity contribution in [3.63, 3.8) is 0 Å². The molecule has 2 aromatic carbocycles. The van der Waals surface area contributed by atoms with Gasteiger partial charge in [-0.1, -0.05) is 0 Å². The molecule has 0 fully saturated rings. The van der Waals surface area contributed by atoms with Crippen molar-refractivity contribution in [2.75, 3.05) is 12.4 Å². The van der Waals surface area contributed by atoms with E-state index in [1.807, 2.05) is 36.4 Å². The van der Waals surface area contributed by atoms with Gasteiger partial charge in [-0.25, -0.2) is 0 Å². The summed E-state index contributed by atoms with van der Waals surface area (Å²) in [5.41, 5.74) is 3.35. The van der Waals surface area contributed by atoms with Gasteiger partial charge in [0.25, 0.3) is 0 Å². The lowest BCUT2D eigenvalue weighted by Crippen LogP contribution is -2.05. The maximum Gasteiger partial charge on any atom is 0.221 e. The largest absolute Gasteiger partial charge is 0.497 e. The average molecular weight is 335 g/mol. The molecule has 6 nitrogen and oxygen atoms in total. The Kier molecular flexibility index (Phi) is 3.39. The number of aromatic nitrogens is 2. The minimum Gasteiger partial charge on any atom is -0.497 e. The highest BCUT2D eigenvalue weighted by Crippen LogP contribution is 2.39. The predicted octanol–water partition coefficient (Wildman–Crippen LogP) is 3.99. The summed E-state index contributed by atoms with van der Waals surface area (Å²) in [5, 5.41) is 15.5. The molecule has 6 heteroatoms. The summed E-state index contributed by atoms with van der Waals surface area (Å²) < 4.78 is 5.27. The van der Waals surface area contributed by atoms with Gasteiger partial charge in [0.15, 0.2) is 5.88 Å². The molecular formula is C19H17N3O3. The molecule has 0 spiro atoms. The Morgan fingerprint density at radius 1 is 1.20 bits per heavy atom. The van der Waals surface area contributed by atoms with Crippen molar-refractivity contribution < 1.29 is 14.6 Å². The molecule has 4 rings (SSSR count). The van der Waals surface area contributed by atoms with Crippen LogP contribution in [-0.2, 0) is 4.79 Å². The summed E-state index contributed by atoms with van der Waals surface area (Å²) in [7, 11) is 1.64. The molecule has 0 saturated heterocycles. The molecule has 0 aliphatic heterocycles. The normalized spacial score (nSPS) is 11.1. The number of aromatic hydroxyl groups is 1. The van der Waals surface area contributed by atoms with Gasteiger partial charge in [-0.3, -0.25) is 4.79 Å². The van der Waals surface area contributed by atoms with Gasteiger partial charge in [0.1, 0.15) is 5.75 Å². The van der Waals surface area contributed by atoms with Crippen molar-refractivity contribution >= 4 is 33.3 Å². The van der Waals surface area contributed by atoms with Gasteiger partial charge in [-0.15, -0.1) is 0 Å². The molecule has 126 valence electrons. The number of rotatable bonds is 3. The molecule has 0 aliphatic carbocycles. The van der Waals surface area contributed by atoms with Crippen LogP contribution in [0.15, 0.2) is 42.6 Å². The predicted molar refractivity (Wildman–Crippen MR) is 98.1 cm³/mol. The van der Waals surface area contributed by atoms with Crippen LogP contribution in [0.1, 0.15) is 6.92 Å². The van der Waals surface area contributed by atoms with Crippen molar-refractivity contribution in [3.8, 4) is 22.9 Å². The van der Waals surface area contributed by atoms with Gasteiger partial charge in [0, 0.05) is 40.7 Å². The van der Waals surface area contributed by atoms with Crippen LogP contribution in [0, 0.1) is 0 Å². The highest BCUT2D eigenvalue weighted by Gasteiger charge is 2.15. The van der Waals surface area contributed by atoms with Crippen LogP contribution >= 0.6 is 0 Å². The number of fused-ring (bicyclic) bond motifs is 2. The number of hydrogen-bond donors (Lipinski definition) is 4. The van der Waals surface area contributed by atoms with E-state index in [1.54, 1.807) is 13.3 Å². The van der Waals surface area contributed by atoms with E-state index in [-0.39, 0.29) is 11.8 Å². The molecular weight excluding hydrogens is 318 g/mol. The maximum atomic E-state index is 11.4. The monoisotopic (exact) mass is 335 g/mol. The Bertz CT molecular complexity index is 1110. The number of carbonyl (C=O) groups is 1. The van der Waals surface area contributed by atoms with Crippen molar-refractivity contribution in [1.29, 1.82) is 0 Å². The smallest absolute Gasteiger partial charge is 0.221 e. The van der Waals surface area contributed by atoms with Crippen molar-refractivity contribution in [1.82, 2.24) is 9.97 Å². The van der Waals surface area contributed by atoms with Crippen LogP contribution in [0.3, 0.4) is 0 Å². The maximum absolute atomic E-state index is 11.4. The molecule has 0 aliphatic rings. The van der Waals surface area contributed by atoms with E-state index in [9.17, 15) is 9.90 Å². The van der Waals surface area contributed by atoms with Crippen LogP contribution in [-0.4, -0.2) is 28.1 Å². The SMILES string of the molecule is COc1ccc2[nH]c(-c3ccc(NC(C)=O)c4c[nH]c(O)c34)cc2c1. The minimum absolute atomic E-state index is 0.0634. The van der Waals surface area contributed by atoms with E-state index in [0.29, 0.717) is 11.1 Å². The quantitative estimate of drug-likeness (QED) is 0.456. The number of hydrogen-bond acceptors (Lipinski definition) is 3. The number of aromatic amines is 2. The van der Waals surface area contributed by atoms with Gasteiger partial charge >= 0.3 is 0 Å². The summed E-state index contributed by atoms with van der Waals surface area (Å²) in [4.78, 5) is 17.6. The number of carbonyl (C=O) groups excluding carboxylic acids is 1. The molecule has 0 radical (unpaired) electrons. The van der Waals surface area contributed by atoms with E-state index in [2.05, 4.69) is 15.3 Å². The summed E-state index contributed by atoms with van der Waals surface area (Å²) >= 11 is 0. The van der Waals surface area contributed by atoms with Crippen molar-refractivity contribution in [2.24, 2.45) is 0 Å². The number of ether oxygens (including phenoxy) is 1. The highest BCUT2D eigenvalue weighted by atomic mass is 16.5. The molecule has 0 unspecified atom stereocenters. The third-order valence-corrected chi connectivity index (χ3v) is 4.26. The first-order chi connectivity index (χ1) is 12.1. The first-order valence-corrected chi connectivity index (χ1v) is 7.84. The standard InChI is InChI=1S/C19H17N3O3/c1-10(23)21-16-6-4-13(18-14(16)9-20-19(18)24)17-8-11-7-12(25-2)3-5-15(11)22-17/h3-9,20,22,24H,1-2H3,(H,21,23). The third kappa shape index (κ3) is 2.48. The van der Waals surface area contributed by atoms with E-state index in [0.717, 1.165) is 33.3 Å². The fraction of sp³-hybridized carbons (Fsp3) is 0.105. The highest BCUT2D eigenvalue weighted by molar-refractivity contribution is 6.10. The summed E-state index contributed by atoms with van der Waals surface area (Å²) in [6.07, 6.45) is 1.69. The van der Waals surface area contributed by atoms with Crippen LogP contribution in [0.2, 0.25) is 0 Å². The van der Waals surface area contributed by atoms with Crippen LogP contribution in [0.4, 0.5) is 5.69 Å². The first-order valence-electron chi connectivity index (χ1n) is 7.84. The molecule has 0 bridgehead atoms. The molecule has 0 atom stereocenters. The van der Waals surface area contributed by atoms with Gasteiger partial charge < -0.3 is 25.1 Å². The Hall–Kier alpha value is -3.41. The van der Waals surface area contributed by atoms with E-state index >= 15 is 0 Å². The molecule has 25 heavy (non-hydrogen) atoms. The summed E-state index contributed by atoms with van der Waals surface area (Å²) in [6, 6.07) is 11.5. The second kappa shape index (κ2) is 5.59. The Balaban J connectivity index is 1.92. The molecule has 2 heterocycles. The zero-order chi connectivity index (χ0) is 17.6. The fourth-order valence-corrected chi connectivity index (χ4v) is 3.14. The number of methoxy groups -OCH3 is 1. The number of nitrogens with one attached hydrogen (secondary N) is 3. The van der Waals surface area contributed by atoms with Gasteiger partial charge in [0.2, 0.25) is 5.91 Å². The van der Waals surface area contributed by atoms with Crippen molar-refractivity contribution in [2.45, 2.75) is 6.92 Å². The van der Waals surface area contributed by atoms with E-state index < -0.39 is 0 Å². The van der Waals surface area contributed by atoms with Gasteiger partial charge in [0.05, 0.1) is 18.2 Å². The molecule has 4 N–H and O–H groups in total. The Morgan fingerprint density at radius 3 is 2.80 bits per heavy atom. The minimum atomic E-state index is -0.160. The second-order valence-corrected chi connectivity index (χ2v) is 5.90.